The van der Waals surface area contributed by atoms with Crippen LogP contribution in [0.4, 0.5) is 8.78 Å². The second-order valence-corrected chi connectivity index (χ2v) is 4.40. The minimum absolute atomic E-state index is 0.0176. The number of fused-ring (bicyclic) bond motifs is 2. The predicted molar refractivity (Wildman–Crippen MR) is 65.1 cm³/mol. The summed E-state index contributed by atoms with van der Waals surface area (Å²) in [5.74, 6) is 0.423. The molecule has 2 heterocycles. The van der Waals surface area contributed by atoms with Crippen molar-refractivity contribution >= 4 is 22.5 Å². The summed E-state index contributed by atoms with van der Waals surface area (Å²) in [4.78, 5) is 7.37. The Morgan fingerprint density at radius 2 is 1.79 bits per heavy atom. The van der Waals surface area contributed by atoms with Gasteiger partial charge in [-0.1, -0.05) is 11.6 Å². The molecular weight excluding hydrogens is 278 g/mol. The quantitative estimate of drug-likeness (QED) is 0.754. The molecule has 1 aliphatic rings. The number of hydrogen-bond donors (Lipinski definition) is 0. The molecule has 0 atom stereocenters. The third-order valence-electron chi connectivity index (χ3n) is 2.73. The first-order valence-electron chi connectivity index (χ1n) is 5.70. The van der Waals surface area contributed by atoms with E-state index >= 15 is 0 Å². The summed E-state index contributed by atoms with van der Waals surface area (Å²) in [5, 5.41) is 0.450. The van der Waals surface area contributed by atoms with E-state index in [-0.39, 0.29) is 5.15 Å². The molecule has 7 heteroatoms. The van der Waals surface area contributed by atoms with Crippen LogP contribution in [0.2, 0.25) is 5.15 Å². The molecule has 4 nitrogen and oxygen atoms in total. The first-order chi connectivity index (χ1) is 9.15. The summed E-state index contributed by atoms with van der Waals surface area (Å²) in [5.41, 5.74) is 0.319. The summed E-state index contributed by atoms with van der Waals surface area (Å²) in [6.07, 6.45) is -2.01. The van der Waals surface area contributed by atoms with E-state index in [0.29, 0.717) is 35.6 Å². The molecule has 0 N–H and O–H groups in total. The highest BCUT2D eigenvalue weighted by molar-refractivity contribution is 6.34. The molecule has 1 aromatic carbocycles. The Bertz CT molecular complexity index is 637. The first kappa shape index (κ1) is 12.3. The fraction of sp³-hybridized carbons (Fsp3) is 0.333. The molecule has 0 aliphatic carbocycles. The molecule has 0 spiro atoms. The van der Waals surface area contributed by atoms with Crippen LogP contribution in [-0.2, 0) is 0 Å². The van der Waals surface area contributed by atoms with Crippen molar-refractivity contribution in [3.63, 3.8) is 0 Å². The monoisotopic (exact) mass is 286 g/mol. The van der Waals surface area contributed by atoms with Crippen molar-refractivity contribution in [3.05, 3.63) is 23.1 Å². The second-order valence-electron chi connectivity index (χ2n) is 4.04. The van der Waals surface area contributed by atoms with Gasteiger partial charge in [0.2, 0.25) is 0 Å². The average molecular weight is 287 g/mol. The van der Waals surface area contributed by atoms with Crippen LogP contribution >= 0.6 is 11.6 Å². The molecule has 0 bridgehead atoms. The molecule has 0 unspecified atom stereocenters. The van der Waals surface area contributed by atoms with Crippen LogP contribution < -0.4 is 9.47 Å². The third-order valence-corrected chi connectivity index (χ3v) is 3.02. The van der Waals surface area contributed by atoms with Gasteiger partial charge in [-0.25, -0.2) is 18.7 Å². The molecule has 100 valence electrons. The van der Waals surface area contributed by atoms with Gasteiger partial charge in [-0.2, -0.15) is 0 Å². The lowest BCUT2D eigenvalue weighted by Crippen LogP contribution is -1.98. The lowest BCUT2D eigenvalue weighted by atomic mass is 10.2. The van der Waals surface area contributed by atoms with Crippen LogP contribution in [0, 0.1) is 0 Å². The smallest absolute Gasteiger partial charge is 0.297 e. The Morgan fingerprint density at radius 3 is 2.47 bits per heavy atom. The number of aromatic nitrogens is 2. The van der Waals surface area contributed by atoms with Crippen LogP contribution in [0.25, 0.3) is 10.9 Å². The van der Waals surface area contributed by atoms with E-state index in [4.69, 9.17) is 21.1 Å². The fourth-order valence-electron chi connectivity index (χ4n) is 1.86. The highest BCUT2D eigenvalue weighted by Gasteiger charge is 2.18. The van der Waals surface area contributed by atoms with Gasteiger partial charge in [-0.15, -0.1) is 0 Å². The van der Waals surface area contributed by atoms with Crippen LogP contribution in [0.1, 0.15) is 18.7 Å². The van der Waals surface area contributed by atoms with Gasteiger partial charge in [-0.3, -0.25) is 0 Å². The van der Waals surface area contributed by atoms with Crippen molar-refractivity contribution in [1.29, 1.82) is 0 Å². The second kappa shape index (κ2) is 4.77. The Morgan fingerprint density at radius 1 is 1.11 bits per heavy atom. The molecule has 0 saturated heterocycles. The molecule has 0 saturated carbocycles. The topological polar surface area (TPSA) is 44.2 Å². The Hall–Kier alpha value is -1.69. The Labute approximate surface area is 112 Å². The fourth-order valence-corrected chi connectivity index (χ4v) is 2.10. The SMILES string of the molecule is FC(F)c1nc(Cl)c2cc3c(cc2n1)OCCCO3. The summed E-state index contributed by atoms with van der Waals surface area (Å²) >= 11 is 5.91. The molecule has 0 radical (unpaired) electrons. The number of rotatable bonds is 1. The zero-order valence-electron chi connectivity index (χ0n) is 9.70. The van der Waals surface area contributed by atoms with Gasteiger partial charge in [0.25, 0.3) is 6.43 Å². The molecule has 3 rings (SSSR count). The van der Waals surface area contributed by atoms with Gasteiger partial charge in [0.15, 0.2) is 17.3 Å². The summed E-state index contributed by atoms with van der Waals surface area (Å²) in [6, 6.07) is 3.17. The minimum atomic E-state index is -2.77. The number of benzene rings is 1. The molecule has 2 aromatic rings. The zero-order valence-corrected chi connectivity index (χ0v) is 10.5. The summed E-state index contributed by atoms with van der Waals surface area (Å²) in [6.45, 7) is 1.05. The Balaban J connectivity index is 2.20. The number of ether oxygens (including phenoxy) is 2. The standard InChI is InChI=1S/C12H9ClF2N2O2/c13-10-6-4-8-9(19-3-1-2-18-8)5-7(6)16-12(17-10)11(14)15/h4-5,11H,1-3H2. The van der Waals surface area contributed by atoms with Gasteiger partial charge < -0.3 is 9.47 Å². The zero-order chi connectivity index (χ0) is 13.4. The van der Waals surface area contributed by atoms with Gasteiger partial charge >= 0.3 is 0 Å². The van der Waals surface area contributed by atoms with Gasteiger partial charge in [0.05, 0.1) is 18.7 Å². The first-order valence-corrected chi connectivity index (χ1v) is 6.08. The molecule has 0 amide bonds. The lowest BCUT2D eigenvalue weighted by molar-refractivity contribution is 0.141. The highest BCUT2D eigenvalue weighted by Crippen LogP contribution is 2.36. The molecule has 0 fully saturated rings. The van der Waals surface area contributed by atoms with Crippen molar-refractivity contribution in [2.75, 3.05) is 13.2 Å². The van der Waals surface area contributed by atoms with Gasteiger partial charge in [0, 0.05) is 17.9 Å². The maximum atomic E-state index is 12.6. The van der Waals surface area contributed by atoms with Crippen LogP contribution in [0.3, 0.4) is 0 Å². The highest BCUT2D eigenvalue weighted by atomic mass is 35.5. The van der Waals surface area contributed by atoms with Crippen molar-refractivity contribution in [2.24, 2.45) is 0 Å². The number of halogens is 3. The van der Waals surface area contributed by atoms with Crippen LogP contribution in [0.15, 0.2) is 12.1 Å². The number of nitrogens with zero attached hydrogens (tertiary/aromatic N) is 2. The normalized spacial score (nSPS) is 14.7. The Kier molecular flexibility index (Phi) is 3.10. The summed E-state index contributed by atoms with van der Waals surface area (Å²) in [7, 11) is 0. The van der Waals surface area contributed by atoms with Crippen molar-refractivity contribution in [3.8, 4) is 11.5 Å². The van der Waals surface area contributed by atoms with E-state index in [0.717, 1.165) is 6.42 Å². The maximum absolute atomic E-state index is 12.6. The van der Waals surface area contributed by atoms with E-state index in [1.807, 2.05) is 0 Å². The van der Waals surface area contributed by atoms with Crippen molar-refractivity contribution < 1.29 is 18.3 Å². The number of alkyl halides is 2. The molecular formula is C12H9ClF2N2O2. The van der Waals surface area contributed by atoms with Crippen LogP contribution in [0.5, 0.6) is 11.5 Å². The largest absolute Gasteiger partial charge is 0.490 e. The number of hydrogen-bond acceptors (Lipinski definition) is 4. The average Bonchev–Trinajstić information content (AvgIpc) is 2.61. The maximum Gasteiger partial charge on any atom is 0.297 e. The predicted octanol–water partition coefficient (Wildman–Crippen LogP) is 3.38. The van der Waals surface area contributed by atoms with Crippen LogP contribution in [-0.4, -0.2) is 23.2 Å². The third kappa shape index (κ3) is 2.28. The molecule has 19 heavy (non-hydrogen) atoms. The van der Waals surface area contributed by atoms with Gasteiger partial charge in [-0.05, 0) is 6.07 Å². The molecule has 1 aliphatic heterocycles. The van der Waals surface area contributed by atoms with E-state index in [2.05, 4.69) is 9.97 Å². The summed E-state index contributed by atoms with van der Waals surface area (Å²) < 4.78 is 36.3. The van der Waals surface area contributed by atoms with E-state index in [9.17, 15) is 8.78 Å². The lowest BCUT2D eigenvalue weighted by Gasteiger charge is -2.10. The van der Waals surface area contributed by atoms with E-state index in [1.54, 1.807) is 12.1 Å². The van der Waals surface area contributed by atoms with E-state index < -0.39 is 12.2 Å². The molecule has 1 aromatic heterocycles. The minimum Gasteiger partial charge on any atom is -0.490 e. The van der Waals surface area contributed by atoms with Crippen molar-refractivity contribution in [2.45, 2.75) is 12.8 Å². The van der Waals surface area contributed by atoms with Gasteiger partial charge in [0.1, 0.15) is 5.15 Å². The van der Waals surface area contributed by atoms with E-state index in [1.165, 1.54) is 0 Å². The van der Waals surface area contributed by atoms with Crippen molar-refractivity contribution in [1.82, 2.24) is 9.97 Å².